The molecule has 0 aromatic heterocycles. The van der Waals surface area contributed by atoms with Gasteiger partial charge in [-0.3, -0.25) is 25.1 Å². The molecule has 0 saturated carbocycles. The largest absolute Gasteiger partial charge is 0.342 e. The van der Waals surface area contributed by atoms with E-state index in [4.69, 9.17) is 0 Å². The first-order chi connectivity index (χ1) is 15.4. The lowest BCUT2D eigenvalue weighted by molar-refractivity contribution is -0.140. The highest BCUT2D eigenvalue weighted by Crippen LogP contribution is 2.35. The fourth-order valence-electron chi connectivity index (χ4n) is 4.66. The zero-order valence-corrected chi connectivity index (χ0v) is 19.2. The van der Waals surface area contributed by atoms with Gasteiger partial charge in [0.15, 0.2) is 0 Å². The minimum Gasteiger partial charge on any atom is -0.342 e. The van der Waals surface area contributed by atoms with Gasteiger partial charge in [0.1, 0.15) is 5.82 Å². The summed E-state index contributed by atoms with van der Waals surface area (Å²) in [5.74, 6) is -1.03. The van der Waals surface area contributed by atoms with Gasteiger partial charge in [0.05, 0.1) is 29.4 Å². The van der Waals surface area contributed by atoms with E-state index in [0.717, 1.165) is 43.7 Å². The van der Waals surface area contributed by atoms with E-state index < -0.39 is 29.7 Å². The number of amides is 4. The van der Waals surface area contributed by atoms with Gasteiger partial charge < -0.3 is 9.80 Å². The number of rotatable bonds is 4. The Balaban J connectivity index is 1.55. The Kier molecular flexibility index (Phi) is 7.02. The van der Waals surface area contributed by atoms with E-state index >= 15 is 0 Å². The summed E-state index contributed by atoms with van der Waals surface area (Å²) in [6.45, 7) is 1.53. The van der Waals surface area contributed by atoms with Gasteiger partial charge in [-0.25, -0.2) is 9.18 Å². The van der Waals surface area contributed by atoms with Crippen LogP contribution in [0.4, 0.5) is 9.18 Å². The molecule has 2 N–H and O–H groups in total. The molecule has 174 valence electrons. The van der Waals surface area contributed by atoms with Gasteiger partial charge in [0.25, 0.3) is 0 Å². The van der Waals surface area contributed by atoms with Crippen molar-refractivity contribution in [2.45, 2.75) is 43.4 Å². The van der Waals surface area contributed by atoms with Crippen LogP contribution in [0.25, 0.3) is 0 Å². The van der Waals surface area contributed by atoms with Crippen LogP contribution in [0.2, 0.25) is 0 Å². The van der Waals surface area contributed by atoms with Crippen LogP contribution in [0.5, 0.6) is 0 Å². The first kappa shape index (κ1) is 23.0. The number of likely N-dealkylation sites (tertiary alicyclic amines) is 1. The van der Waals surface area contributed by atoms with Crippen molar-refractivity contribution in [3.05, 3.63) is 35.6 Å². The number of halogens is 1. The lowest BCUT2D eigenvalue weighted by atomic mass is 9.96. The molecule has 3 aliphatic heterocycles. The number of carbonyl (C=O) groups is 3. The highest BCUT2D eigenvalue weighted by molar-refractivity contribution is 8.00. The molecule has 8 nitrogen and oxygen atoms in total. The van der Waals surface area contributed by atoms with Crippen LogP contribution in [-0.2, 0) is 9.59 Å². The number of urea groups is 1. The Morgan fingerprint density at radius 2 is 1.78 bits per heavy atom. The van der Waals surface area contributed by atoms with E-state index in [9.17, 15) is 18.8 Å². The van der Waals surface area contributed by atoms with Crippen LogP contribution >= 0.6 is 11.8 Å². The fraction of sp³-hybridized carbons (Fsp3) is 0.591. The third-order valence-electron chi connectivity index (χ3n) is 6.52. The number of carbonyl (C=O) groups excluding carboxylic acids is 3. The smallest absolute Gasteiger partial charge is 0.327 e. The van der Waals surface area contributed by atoms with Gasteiger partial charge in [0, 0.05) is 32.7 Å². The number of hydrogen-bond acceptors (Lipinski definition) is 6. The Labute approximate surface area is 191 Å². The van der Waals surface area contributed by atoms with Crippen LogP contribution < -0.4 is 10.6 Å². The number of nitrogens with zero attached hydrogens (tertiary/aromatic N) is 3. The van der Waals surface area contributed by atoms with Crippen LogP contribution in [0.1, 0.15) is 37.4 Å². The number of fused-ring (bicyclic) bond motifs is 1. The molecule has 0 aliphatic carbocycles. The molecule has 32 heavy (non-hydrogen) atoms. The van der Waals surface area contributed by atoms with Crippen LogP contribution in [0.3, 0.4) is 0 Å². The summed E-state index contributed by atoms with van der Waals surface area (Å²) in [5, 5.41) is 6.09. The second-order valence-corrected chi connectivity index (χ2v) is 9.71. The summed E-state index contributed by atoms with van der Waals surface area (Å²) >= 11 is 1.35. The standard InChI is InChI=1S/C22H30FN5O3S/c1-26-19-17(21(30)27(2)22(26)31)20(25-18(24-19)14-9-5-6-10-15(14)23)32-13-16(29)28-11-7-3-4-8-12-28/h5-6,9-10,17-20,24-25H,3-4,7-8,11-13H2,1-2H3. The topological polar surface area (TPSA) is 85.0 Å². The van der Waals surface area contributed by atoms with Crippen molar-refractivity contribution in [1.29, 1.82) is 0 Å². The second kappa shape index (κ2) is 9.76. The predicted octanol–water partition coefficient (Wildman–Crippen LogP) is 1.95. The van der Waals surface area contributed by atoms with Crippen molar-refractivity contribution in [2.75, 3.05) is 32.9 Å². The maximum absolute atomic E-state index is 14.5. The van der Waals surface area contributed by atoms with Crippen molar-refractivity contribution < 1.29 is 18.8 Å². The summed E-state index contributed by atoms with van der Waals surface area (Å²) in [7, 11) is 3.09. The van der Waals surface area contributed by atoms with E-state index in [0.29, 0.717) is 5.56 Å². The molecular weight excluding hydrogens is 433 g/mol. The number of benzene rings is 1. The number of nitrogens with one attached hydrogen (secondary N) is 2. The maximum atomic E-state index is 14.5. The number of thioether (sulfide) groups is 1. The molecule has 0 spiro atoms. The molecule has 4 rings (SSSR count). The molecule has 0 bridgehead atoms. The fourth-order valence-corrected chi connectivity index (χ4v) is 5.87. The van der Waals surface area contributed by atoms with Gasteiger partial charge in [-0.1, -0.05) is 31.0 Å². The predicted molar refractivity (Wildman–Crippen MR) is 120 cm³/mol. The zero-order valence-electron chi connectivity index (χ0n) is 18.4. The van der Waals surface area contributed by atoms with Gasteiger partial charge in [-0.05, 0) is 18.9 Å². The van der Waals surface area contributed by atoms with Gasteiger partial charge in [-0.15, -0.1) is 11.8 Å². The van der Waals surface area contributed by atoms with Crippen molar-refractivity contribution in [3.8, 4) is 0 Å². The number of hydrogen-bond donors (Lipinski definition) is 2. The molecule has 3 aliphatic rings. The quantitative estimate of drug-likeness (QED) is 0.710. The van der Waals surface area contributed by atoms with Crippen molar-refractivity contribution >= 4 is 29.6 Å². The molecule has 1 aromatic carbocycles. The SMILES string of the molecule is CN1C(=O)C2C(SCC(=O)N3CCCCCC3)NC(c3ccccc3F)NC2N(C)C1=O. The monoisotopic (exact) mass is 463 g/mol. The third-order valence-corrected chi connectivity index (χ3v) is 7.72. The molecule has 0 radical (unpaired) electrons. The summed E-state index contributed by atoms with van der Waals surface area (Å²) in [6, 6.07) is 5.99. The summed E-state index contributed by atoms with van der Waals surface area (Å²) in [5.41, 5.74) is 0.405. The average molecular weight is 464 g/mol. The molecule has 3 heterocycles. The van der Waals surface area contributed by atoms with E-state index in [-0.39, 0.29) is 23.4 Å². The van der Waals surface area contributed by atoms with E-state index in [1.807, 2.05) is 4.90 Å². The highest BCUT2D eigenvalue weighted by Gasteiger charge is 2.51. The van der Waals surface area contributed by atoms with Crippen molar-refractivity contribution in [2.24, 2.45) is 5.92 Å². The average Bonchev–Trinajstić information content (AvgIpc) is 3.09. The summed E-state index contributed by atoms with van der Waals surface area (Å²) in [4.78, 5) is 42.9. The number of imide groups is 1. The minimum atomic E-state index is -0.608. The highest BCUT2D eigenvalue weighted by atomic mass is 32.2. The second-order valence-electron chi connectivity index (χ2n) is 8.58. The van der Waals surface area contributed by atoms with Gasteiger partial charge in [-0.2, -0.15) is 0 Å². The third kappa shape index (κ3) is 4.49. The molecule has 4 unspecified atom stereocenters. The minimum absolute atomic E-state index is 0.0530. The van der Waals surface area contributed by atoms with Gasteiger partial charge >= 0.3 is 6.03 Å². The van der Waals surface area contributed by atoms with Crippen molar-refractivity contribution in [3.63, 3.8) is 0 Å². The van der Waals surface area contributed by atoms with E-state index in [1.165, 1.54) is 29.8 Å². The van der Waals surface area contributed by atoms with Crippen LogP contribution in [0, 0.1) is 11.7 Å². The molecule has 3 saturated heterocycles. The molecule has 4 amide bonds. The lowest BCUT2D eigenvalue weighted by Crippen LogP contribution is -2.72. The van der Waals surface area contributed by atoms with Crippen LogP contribution in [0.15, 0.2) is 24.3 Å². The Morgan fingerprint density at radius 3 is 2.47 bits per heavy atom. The zero-order chi connectivity index (χ0) is 22.8. The molecule has 3 fully saturated rings. The summed E-state index contributed by atoms with van der Waals surface area (Å²) < 4.78 is 14.5. The Morgan fingerprint density at radius 1 is 1.09 bits per heavy atom. The normalized spacial score (nSPS) is 29.0. The van der Waals surface area contributed by atoms with Crippen LogP contribution in [-0.4, -0.2) is 77.0 Å². The van der Waals surface area contributed by atoms with E-state index in [2.05, 4.69) is 10.6 Å². The van der Waals surface area contributed by atoms with E-state index in [1.54, 1.807) is 25.2 Å². The Bertz CT molecular complexity index is 879. The maximum Gasteiger partial charge on any atom is 0.327 e. The summed E-state index contributed by atoms with van der Waals surface area (Å²) in [6.07, 6.45) is 3.10. The molecular formula is C22H30FN5O3S. The molecule has 4 atom stereocenters. The lowest BCUT2D eigenvalue weighted by Gasteiger charge is -2.50. The Hall–Kier alpha value is -2.17. The first-order valence-corrected chi connectivity index (χ1v) is 12.1. The first-order valence-electron chi connectivity index (χ1n) is 11.1. The van der Waals surface area contributed by atoms with Gasteiger partial charge in [0.2, 0.25) is 11.8 Å². The molecule has 1 aromatic rings. The molecule has 10 heteroatoms. The van der Waals surface area contributed by atoms with Crippen molar-refractivity contribution in [1.82, 2.24) is 25.3 Å².